The Labute approximate surface area is 143 Å². The molecule has 1 heterocycles. The Morgan fingerprint density at radius 2 is 1.92 bits per heavy atom. The number of nitrogens with one attached hydrogen (secondary N) is 1. The zero-order chi connectivity index (χ0) is 16.9. The molecule has 1 N–H and O–H groups in total. The molecule has 0 radical (unpaired) electrons. The first kappa shape index (κ1) is 16.8. The van der Waals surface area contributed by atoms with Gasteiger partial charge in [-0.05, 0) is 30.5 Å². The lowest BCUT2D eigenvalue weighted by atomic mass is 9.94. The van der Waals surface area contributed by atoms with Crippen LogP contribution in [0, 0.1) is 5.92 Å². The number of carbonyl (C=O) groups excluding carboxylic acids is 2. The van der Waals surface area contributed by atoms with Crippen molar-refractivity contribution in [3.63, 3.8) is 0 Å². The van der Waals surface area contributed by atoms with Crippen molar-refractivity contribution in [1.29, 1.82) is 0 Å². The van der Waals surface area contributed by atoms with Crippen LogP contribution in [0.2, 0.25) is 0 Å². The van der Waals surface area contributed by atoms with Gasteiger partial charge in [0.15, 0.2) is 0 Å². The summed E-state index contributed by atoms with van der Waals surface area (Å²) < 4.78 is 5.13. The molecule has 5 nitrogen and oxygen atoms in total. The highest BCUT2D eigenvalue weighted by Crippen LogP contribution is 2.28. The smallest absolute Gasteiger partial charge is 0.225 e. The van der Waals surface area contributed by atoms with E-state index in [1.165, 1.54) is 19.3 Å². The highest BCUT2D eigenvalue weighted by Gasteiger charge is 2.37. The first-order chi connectivity index (χ1) is 11.7. The fourth-order valence-electron chi connectivity index (χ4n) is 3.73. The van der Waals surface area contributed by atoms with Gasteiger partial charge in [0.25, 0.3) is 0 Å². The maximum absolute atomic E-state index is 12.4. The molecule has 2 amide bonds. The monoisotopic (exact) mass is 330 g/mol. The number of hydrogen-bond acceptors (Lipinski definition) is 3. The topological polar surface area (TPSA) is 58.6 Å². The van der Waals surface area contributed by atoms with E-state index in [0.29, 0.717) is 25.6 Å². The summed E-state index contributed by atoms with van der Waals surface area (Å²) in [4.78, 5) is 26.6. The summed E-state index contributed by atoms with van der Waals surface area (Å²) in [5.74, 6) is 0.719. The van der Waals surface area contributed by atoms with E-state index in [4.69, 9.17) is 4.74 Å². The normalized spacial score (nSPS) is 21.8. The van der Waals surface area contributed by atoms with Crippen molar-refractivity contribution < 1.29 is 14.3 Å². The molecule has 0 spiro atoms. The quantitative estimate of drug-likeness (QED) is 0.902. The lowest BCUT2D eigenvalue weighted by Crippen LogP contribution is -2.39. The second kappa shape index (κ2) is 7.69. The molecule has 1 aliphatic carbocycles. The zero-order valence-electron chi connectivity index (χ0n) is 14.3. The van der Waals surface area contributed by atoms with Crippen molar-refractivity contribution in [2.24, 2.45) is 5.92 Å². The molecular weight excluding hydrogens is 304 g/mol. The van der Waals surface area contributed by atoms with Crippen LogP contribution in [-0.2, 0) is 16.1 Å². The number of rotatable bonds is 5. The minimum atomic E-state index is -0.210. The third kappa shape index (κ3) is 3.89. The van der Waals surface area contributed by atoms with Gasteiger partial charge in [-0.1, -0.05) is 31.4 Å². The number of likely N-dealkylation sites (tertiary alicyclic amines) is 1. The first-order valence-corrected chi connectivity index (χ1v) is 8.87. The van der Waals surface area contributed by atoms with Gasteiger partial charge in [-0.2, -0.15) is 0 Å². The molecule has 1 aromatic carbocycles. The van der Waals surface area contributed by atoms with Gasteiger partial charge in [-0.25, -0.2) is 0 Å². The van der Waals surface area contributed by atoms with Gasteiger partial charge in [0.1, 0.15) is 5.75 Å². The molecule has 5 heteroatoms. The maximum atomic E-state index is 12.4. The largest absolute Gasteiger partial charge is 0.497 e. The number of benzene rings is 1. The summed E-state index contributed by atoms with van der Waals surface area (Å²) in [6.45, 7) is 1.06. The van der Waals surface area contributed by atoms with Gasteiger partial charge >= 0.3 is 0 Å². The van der Waals surface area contributed by atoms with Crippen LogP contribution in [0.15, 0.2) is 24.3 Å². The Morgan fingerprint density at radius 1 is 1.21 bits per heavy atom. The lowest BCUT2D eigenvalue weighted by Gasteiger charge is -2.31. The van der Waals surface area contributed by atoms with E-state index in [9.17, 15) is 9.59 Å². The Morgan fingerprint density at radius 3 is 2.58 bits per heavy atom. The van der Waals surface area contributed by atoms with E-state index in [0.717, 1.165) is 24.2 Å². The van der Waals surface area contributed by atoms with E-state index in [1.54, 1.807) is 7.11 Å². The number of methoxy groups -OCH3 is 1. The Kier molecular flexibility index (Phi) is 5.38. The third-order valence-electron chi connectivity index (χ3n) is 5.17. The van der Waals surface area contributed by atoms with Crippen LogP contribution < -0.4 is 10.1 Å². The second-order valence-corrected chi connectivity index (χ2v) is 6.80. The average Bonchev–Trinajstić information content (AvgIpc) is 3.02. The highest BCUT2D eigenvalue weighted by atomic mass is 16.5. The molecule has 1 saturated heterocycles. The summed E-state index contributed by atoms with van der Waals surface area (Å²) in [6, 6.07) is 7.99. The van der Waals surface area contributed by atoms with Crippen LogP contribution in [0.3, 0.4) is 0 Å². The van der Waals surface area contributed by atoms with Gasteiger partial charge in [0, 0.05) is 25.6 Å². The average molecular weight is 330 g/mol. The van der Waals surface area contributed by atoms with Crippen molar-refractivity contribution in [2.45, 2.75) is 51.1 Å². The van der Waals surface area contributed by atoms with Crippen LogP contribution in [0.5, 0.6) is 5.75 Å². The molecule has 1 saturated carbocycles. The first-order valence-electron chi connectivity index (χ1n) is 8.87. The number of amides is 2. The van der Waals surface area contributed by atoms with Gasteiger partial charge in [0.05, 0.1) is 13.0 Å². The molecule has 24 heavy (non-hydrogen) atoms. The fourth-order valence-corrected chi connectivity index (χ4v) is 3.73. The summed E-state index contributed by atoms with van der Waals surface area (Å²) in [5.41, 5.74) is 1.03. The van der Waals surface area contributed by atoms with Crippen molar-refractivity contribution in [3.05, 3.63) is 29.8 Å². The standard InChI is InChI=1S/C19H26N2O3/c1-24-17-9-7-14(8-10-17)12-20-19(23)15-11-18(22)21(13-15)16-5-3-2-4-6-16/h7-10,15-16H,2-6,11-13H2,1H3,(H,20,23)/t15-/m0/s1. The highest BCUT2D eigenvalue weighted by molar-refractivity contribution is 5.89. The number of nitrogens with zero attached hydrogens (tertiary/aromatic N) is 1. The van der Waals surface area contributed by atoms with Crippen LogP contribution >= 0.6 is 0 Å². The minimum absolute atomic E-state index is 0.0162. The molecular formula is C19H26N2O3. The summed E-state index contributed by atoms with van der Waals surface area (Å²) in [5, 5.41) is 2.96. The Balaban J connectivity index is 1.50. The van der Waals surface area contributed by atoms with E-state index < -0.39 is 0 Å². The SMILES string of the molecule is COc1ccc(CNC(=O)[C@H]2CC(=O)N(C3CCCCC3)C2)cc1. The molecule has 1 aromatic rings. The summed E-state index contributed by atoms with van der Waals surface area (Å²) >= 11 is 0. The second-order valence-electron chi connectivity index (χ2n) is 6.80. The predicted octanol–water partition coefficient (Wildman–Crippen LogP) is 2.49. The molecule has 0 bridgehead atoms. The lowest BCUT2D eigenvalue weighted by molar-refractivity contribution is -0.130. The van der Waals surface area contributed by atoms with E-state index in [-0.39, 0.29) is 17.7 Å². The van der Waals surface area contributed by atoms with Crippen LogP contribution in [0.4, 0.5) is 0 Å². The van der Waals surface area contributed by atoms with Gasteiger partial charge in [0.2, 0.25) is 11.8 Å². The molecule has 0 unspecified atom stereocenters. The van der Waals surface area contributed by atoms with E-state index in [2.05, 4.69) is 5.32 Å². The molecule has 130 valence electrons. The predicted molar refractivity (Wildman–Crippen MR) is 91.5 cm³/mol. The minimum Gasteiger partial charge on any atom is -0.497 e. The number of ether oxygens (including phenoxy) is 1. The van der Waals surface area contributed by atoms with Crippen LogP contribution in [-0.4, -0.2) is 36.4 Å². The maximum Gasteiger partial charge on any atom is 0.225 e. The Hall–Kier alpha value is -2.04. The van der Waals surface area contributed by atoms with Gasteiger partial charge in [-0.15, -0.1) is 0 Å². The van der Waals surface area contributed by atoms with Crippen molar-refractivity contribution in [1.82, 2.24) is 10.2 Å². The Bertz CT molecular complexity index is 579. The number of hydrogen-bond donors (Lipinski definition) is 1. The van der Waals surface area contributed by atoms with Crippen molar-refractivity contribution >= 4 is 11.8 Å². The van der Waals surface area contributed by atoms with Crippen molar-refractivity contribution in [3.8, 4) is 5.75 Å². The van der Waals surface area contributed by atoms with Gasteiger partial charge < -0.3 is 15.0 Å². The third-order valence-corrected chi connectivity index (χ3v) is 5.17. The van der Waals surface area contributed by atoms with E-state index >= 15 is 0 Å². The zero-order valence-corrected chi connectivity index (χ0v) is 14.3. The molecule has 1 atom stereocenters. The summed E-state index contributed by atoms with van der Waals surface area (Å²) in [7, 11) is 1.63. The van der Waals surface area contributed by atoms with Gasteiger partial charge in [-0.3, -0.25) is 9.59 Å². The fraction of sp³-hybridized carbons (Fsp3) is 0.579. The molecule has 2 fully saturated rings. The molecule has 1 aliphatic heterocycles. The molecule has 2 aliphatic rings. The molecule has 0 aromatic heterocycles. The van der Waals surface area contributed by atoms with E-state index in [1.807, 2.05) is 29.2 Å². The molecule has 3 rings (SSSR count). The van der Waals surface area contributed by atoms with Crippen molar-refractivity contribution in [2.75, 3.05) is 13.7 Å². The summed E-state index contributed by atoms with van der Waals surface area (Å²) in [6.07, 6.45) is 6.19. The van der Waals surface area contributed by atoms with Crippen LogP contribution in [0.1, 0.15) is 44.1 Å². The van der Waals surface area contributed by atoms with Crippen LogP contribution in [0.25, 0.3) is 0 Å². The number of carbonyl (C=O) groups is 2.